The van der Waals surface area contributed by atoms with Crippen molar-refractivity contribution in [2.45, 2.75) is 31.8 Å². The van der Waals surface area contributed by atoms with Crippen LogP contribution >= 0.6 is 35.4 Å². The van der Waals surface area contributed by atoms with Gasteiger partial charge in [0.15, 0.2) is 5.11 Å². The Balaban J connectivity index is 1.39. The first-order valence-electron chi connectivity index (χ1n) is 13.5. The van der Waals surface area contributed by atoms with Gasteiger partial charge in [-0.1, -0.05) is 36.2 Å². The van der Waals surface area contributed by atoms with Crippen molar-refractivity contribution in [3.63, 3.8) is 0 Å². The Morgan fingerprint density at radius 3 is 2.56 bits per heavy atom. The molecular weight excluding hydrogens is 579 g/mol. The van der Waals surface area contributed by atoms with Crippen molar-refractivity contribution in [1.29, 1.82) is 0 Å². The van der Waals surface area contributed by atoms with E-state index in [-0.39, 0.29) is 11.6 Å². The number of nitrogens with zero attached hydrogens (tertiary/aromatic N) is 3. The minimum absolute atomic E-state index is 0.122. The summed E-state index contributed by atoms with van der Waals surface area (Å²) in [6.07, 6.45) is 4.04. The number of pyridine rings is 1. The molecule has 0 saturated carbocycles. The van der Waals surface area contributed by atoms with E-state index < -0.39 is 12.0 Å². The summed E-state index contributed by atoms with van der Waals surface area (Å²) in [6, 6.07) is 19.3. The van der Waals surface area contributed by atoms with Crippen molar-refractivity contribution < 1.29 is 14.3 Å². The van der Waals surface area contributed by atoms with Crippen LogP contribution in [0.5, 0.6) is 0 Å². The van der Waals surface area contributed by atoms with Crippen LogP contribution in [0.15, 0.2) is 77.3 Å². The van der Waals surface area contributed by atoms with E-state index in [1.165, 1.54) is 12.1 Å². The fraction of sp³-hybridized carbons (Fsp3) is 0.258. The quantitative estimate of drug-likeness (QED) is 0.215. The number of benzene rings is 2. The van der Waals surface area contributed by atoms with Crippen LogP contribution in [-0.2, 0) is 0 Å². The zero-order valence-electron chi connectivity index (χ0n) is 22.3. The van der Waals surface area contributed by atoms with Crippen LogP contribution in [0.4, 0.5) is 11.4 Å². The number of thiocarbonyl (C=S) groups is 1. The SMILES string of the molecule is CC1CCN(c2ccc(N3C(=S)N[C@H](c4ccccn4)[C@H]3c3ccc(-c4cc(C(=O)O)ccc4Cl)o3)cc2Cl)CC1. The molecule has 6 rings (SSSR count). The largest absolute Gasteiger partial charge is 0.478 e. The molecule has 4 aromatic rings. The number of anilines is 2. The zero-order chi connectivity index (χ0) is 28.7. The van der Waals surface area contributed by atoms with E-state index in [1.807, 2.05) is 41.3 Å². The molecule has 41 heavy (non-hydrogen) atoms. The van der Waals surface area contributed by atoms with Crippen molar-refractivity contribution in [1.82, 2.24) is 10.3 Å². The minimum Gasteiger partial charge on any atom is -0.478 e. The predicted octanol–water partition coefficient (Wildman–Crippen LogP) is 7.76. The van der Waals surface area contributed by atoms with Crippen molar-refractivity contribution in [3.05, 3.63) is 100.0 Å². The van der Waals surface area contributed by atoms with E-state index in [2.05, 4.69) is 28.2 Å². The molecule has 0 bridgehead atoms. The first-order chi connectivity index (χ1) is 19.8. The molecular formula is C31H28Cl2N4O3S. The highest BCUT2D eigenvalue weighted by Crippen LogP contribution is 2.45. The molecule has 0 spiro atoms. The maximum atomic E-state index is 11.6. The number of carboxylic acid groups (broad SMARTS) is 1. The van der Waals surface area contributed by atoms with Crippen LogP contribution in [-0.4, -0.2) is 34.3 Å². The summed E-state index contributed by atoms with van der Waals surface area (Å²) >= 11 is 19.2. The lowest BCUT2D eigenvalue weighted by Gasteiger charge is -2.33. The van der Waals surface area contributed by atoms with Crippen LogP contribution in [0.1, 0.15) is 53.7 Å². The number of rotatable bonds is 6. The summed E-state index contributed by atoms with van der Waals surface area (Å²) in [5.41, 5.74) is 3.27. The summed E-state index contributed by atoms with van der Waals surface area (Å²) in [6.45, 7) is 4.25. The highest BCUT2D eigenvalue weighted by Gasteiger charge is 2.43. The number of carbonyl (C=O) groups is 1. The van der Waals surface area contributed by atoms with Gasteiger partial charge in [-0.25, -0.2) is 4.79 Å². The first-order valence-corrected chi connectivity index (χ1v) is 14.6. The average Bonchev–Trinajstić information content (AvgIpc) is 3.59. The van der Waals surface area contributed by atoms with Gasteiger partial charge in [0, 0.05) is 30.5 Å². The molecule has 0 radical (unpaired) electrons. The van der Waals surface area contributed by atoms with Crippen molar-refractivity contribution in [3.8, 4) is 11.3 Å². The molecule has 210 valence electrons. The first kappa shape index (κ1) is 27.6. The fourth-order valence-electron chi connectivity index (χ4n) is 5.58. The number of furan rings is 1. The molecule has 0 aliphatic carbocycles. The lowest BCUT2D eigenvalue weighted by Crippen LogP contribution is -2.33. The standard InChI is InChI=1S/C31H28Cl2N4O3S/c1-18-11-14-36(15-12-18)25-8-6-20(17-23(25)33)37-29(28(35-31(37)41)24-4-2-3-13-34-24)27-10-9-26(40-27)21-16-19(30(38)39)5-7-22(21)32/h2-10,13,16-18,28-29H,11-12,14-15H2,1H3,(H,35,41)(H,38,39)/t28-,29-/m1/s1. The van der Waals surface area contributed by atoms with E-state index >= 15 is 0 Å². The third kappa shape index (κ3) is 5.39. The van der Waals surface area contributed by atoms with Gasteiger partial charge in [0.2, 0.25) is 0 Å². The Morgan fingerprint density at radius 2 is 1.85 bits per heavy atom. The lowest BCUT2D eigenvalue weighted by atomic mass is 9.98. The van der Waals surface area contributed by atoms with E-state index in [4.69, 9.17) is 39.8 Å². The highest BCUT2D eigenvalue weighted by atomic mass is 35.5. The van der Waals surface area contributed by atoms with Gasteiger partial charge in [0.1, 0.15) is 17.6 Å². The third-order valence-corrected chi connectivity index (χ3v) is 8.78. The summed E-state index contributed by atoms with van der Waals surface area (Å²) in [5, 5.41) is 14.5. The van der Waals surface area contributed by atoms with E-state index in [1.54, 1.807) is 18.3 Å². The average molecular weight is 608 g/mol. The second-order valence-corrected chi connectivity index (χ2v) is 11.7. The monoisotopic (exact) mass is 606 g/mol. The molecule has 2 atom stereocenters. The number of hydrogen-bond acceptors (Lipinski definition) is 5. The number of aromatic carboxylic acids is 1. The molecule has 7 nitrogen and oxygen atoms in total. The number of carboxylic acids is 1. The van der Waals surface area contributed by atoms with E-state index in [0.29, 0.717) is 32.2 Å². The van der Waals surface area contributed by atoms with Gasteiger partial charge in [0.25, 0.3) is 0 Å². The smallest absolute Gasteiger partial charge is 0.335 e. The number of halogens is 2. The number of hydrogen-bond donors (Lipinski definition) is 2. The Labute approximate surface area is 253 Å². The molecule has 2 aliphatic rings. The lowest BCUT2D eigenvalue weighted by molar-refractivity contribution is 0.0697. The zero-order valence-corrected chi connectivity index (χ0v) is 24.6. The van der Waals surface area contributed by atoms with Crippen LogP contribution in [0.3, 0.4) is 0 Å². The maximum Gasteiger partial charge on any atom is 0.335 e. The van der Waals surface area contributed by atoms with Crippen molar-refractivity contribution >= 4 is 57.9 Å². The molecule has 0 unspecified atom stereocenters. The van der Waals surface area contributed by atoms with Gasteiger partial charge < -0.3 is 24.6 Å². The van der Waals surface area contributed by atoms with Gasteiger partial charge in [-0.3, -0.25) is 4.98 Å². The summed E-state index contributed by atoms with van der Waals surface area (Å²) in [5.74, 6) is 0.755. The Morgan fingerprint density at radius 1 is 1.05 bits per heavy atom. The molecule has 2 N–H and O–H groups in total. The van der Waals surface area contributed by atoms with Crippen LogP contribution < -0.4 is 15.1 Å². The normalized spacial score (nSPS) is 19.4. The van der Waals surface area contributed by atoms with Gasteiger partial charge in [-0.2, -0.15) is 0 Å². The molecule has 2 fully saturated rings. The maximum absolute atomic E-state index is 11.6. The molecule has 0 amide bonds. The fourth-order valence-corrected chi connectivity index (χ4v) is 6.43. The highest BCUT2D eigenvalue weighted by molar-refractivity contribution is 7.80. The van der Waals surface area contributed by atoms with Gasteiger partial charge in [0.05, 0.1) is 33.0 Å². The summed E-state index contributed by atoms with van der Waals surface area (Å²) in [4.78, 5) is 20.5. The Bertz CT molecular complexity index is 1600. The summed E-state index contributed by atoms with van der Waals surface area (Å²) in [7, 11) is 0. The number of nitrogens with one attached hydrogen (secondary N) is 1. The molecule has 4 heterocycles. The van der Waals surface area contributed by atoms with Crippen molar-refractivity contribution in [2.75, 3.05) is 22.9 Å². The number of piperidine rings is 1. The van der Waals surface area contributed by atoms with E-state index in [0.717, 1.165) is 48.9 Å². The molecule has 10 heteroatoms. The molecule has 2 saturated heterocycles. The number of aromatic nitrogens is 1. The Hall–Kier alpha value is -3.59. The topological polar surface area (TPSA) is 81.8 Å². The third-order valence-electron chi connectivity index (χ3n) is 7.83. The summed E-state index contributed by atoms with van der Waals surface area (Å²) < 4.78 is 6.39. The second-order valence-electron chi connectivity index (χ2n) is 10.5. The van der Waals surface area contributed by atoms with Gasteiger partial charge >= 0.3 is 5.97 Å². The molecule has 2 aliphatic heterocycles. The molecule has 2 aromatic heterocycles. The van der Waals surface area contributed by atoms with Gasteiger partial charge in [-0.15, -0.1) is 0 Å². The second kappa shape index (κ2) is 11.4. The van der Waals surface area contributed by atoms with Crippen molar-refractivity contribution in [2.24, 2.45) is 5.92 Å². The van der Waals surface area contributed by atoms with E-state index in [9.17, 15) is 9.90 Å². The van der Waals surface area contributed by atoms with Crippen LogP contribution in [0.25, 0.3) is 11.3 Å². The Kier molecular flexibility index (Phi) is 7.64. The van der Waals surface area contributed by atoms with Crippen LogP contribution in [0, 0.1) is 5.92 Å². The predicted molar refractivity (Wildman–Crippen MR) is 166 cm³/mol. The molecule has 2 aromatic carbocycles. The minimum atomic E-state index is -1.04. The van der Waals surface area contributed by atoms with Gasteiger partial charge in [-0.05, 0) is 91.6 Å². The van der Waals surface area contributed by atoms with Crippen LogP contribution in [0.2, 0.25) is 10.0 Å².